The molecule has 4 nitrogen and oxygen atoms in total. The molecule has 0 amide bonds. The number of pyridine rings is 1. The first-order valence-corrected chi connectivity index (χ1v) is 7.06. The number of aromatic nitrogens is 1. The Morgan fingerprint density at radius 1 is 1.16 bits per heavy atom. The summed E-state index contributed by atoms with van der Waals surface area (Å²) >= 11 is 11.7. The molecule has 19 heavy (non-hydrogen) atoms. The molecule has 0 spiro atoms. The van der Waals surface area contributed by atoms with Gasteiger partial charge in [0.15, 0.2) is 4.64 Å². The molecule has 0 saturated heterocycles. The summed E-state index contributed by atoms with van der Waals surface area (Å²) < 4.78 is 22.2. The van der Waals surface area contributed by atoms with Crippen LogP contribution in [0.25, 0.3) is 0 Å². The Morgan fingerprint density at radius 2 is 1.89 bits per heavy atom. The second-order valence-corrected chi connectivity index (χ2v) is 5.49. The van der Waals surface area contributed by atoms with Gasteiger partial charge in [-0.2, -0.15) is 8.42 Å². The van der Waals surface area contributed by atoms with Crippen LogP contribution in [0.1, 0.15) is 11.1 Å². The van der Waals surface area contributed by atoms with Gasteiger partial charge in [-0.1, -0.05) is 35.3 Å². The second-order valence-electron chi connectivity index (χ2n) is 3.82. The van der Waals surface area contributed by atoms with E-state index in [4.69, 9.17) is 23.2 Å². The van der Waals surface area contributed by atoms with Crippen molar-refractivity contribution < 1.29 is 8.42 Å². The largest absolute Gasteiger partial charge is 0.805 e. The third-order valence-electron chi connectivity index (χ3n) is 2.53. The highest BCUT2D eigenvalue weighted by Crippen LogP contribution is 2.23. The highest BCUT2D eigenvalue weighted by atomic mass is 35.5. The Bertz CT molecular complexity index is 789. The van der Waals surface area contributed by atoms with Crippen molar-refractivity contribution in [3.63, 3.8) is 0 Å². The molecule has 0 aliphatic rings. The summed E-state index contributed by atoms with van der Waals surface area (Å²) in [6, 6.07) is 8.08. The lowest BCUT2D eigenvalue weighted by molar-refractivity contribution is 0.623. The van der Waals surface area contributed by atoms with E-state index in [0.29, 0.717) is 20.3 Å². The molecular formula is C12H8Cl2NO3S-. The van der Waals surface area contributed by atoms with E-state index in [9.17, 15) is 13.6 Å². The highest BCUT2D eigenvalue weighted by Gasteiger charge is 2.04. The minimum atomic E-state index is -2.59. The maximum atomic E-state index is 11.5. The maximum Gasteiger partial charge on any atom is 0.238 e. The maximum absolute atomic E-state index is 11.5. The Kier molecular flexibility index (Phi) is 4.19. The van der Waals surface area contributed by atoms with Crippen LogP contribution in [0.4, 0.5) is 0 Å². The number of nitrogens with zero attached hydrogens (tertiary/aromatic N) is 1. The molecule has 7 heteroatoms. The van der Waals surface area contributed by atoms with Crippen LogP contribution in [-0.2, 0) is 16.7 Å². The normalized spacial score (nSPS) is 10.4. The van der Waals surface area contributed by atoms with Crippen molar-refractivity contribution >= 4 is 33.5 Å². The van der Waals surface area contributed by atoms with Crippen LogP contribution in [0.3, 0.4) is 0 Å². The molecule has 1 heterocycles. The first kappa shape index (κ1) is 14.0. The molecule has 0 aliphatic carbocycles. The van der Waals surface area contributed by atoms with E-state index < -0.39 is 10.3 Å². The fourth-order valence-corrected chi connectivity index (χ4v) is 2.59. The van der Waals surface area contributed by atoms with E-state index in [0.717, 1.165) is 11.8 Å². The SMILES string of the molecule is O=S(=O)=c1c(Cc2ccc(Cl)c(Cl)c2)cccn1[O-]. The van der Waals surface area contributed by atoms with Crippen LogP contribution >= 0.6 is 23.2 Å². The van der Waals surface area contributed by atoms with Gasteiger partial charge in [0.2, 0.25) is 10.3 Å². The number of rotatable bonds is 2. The topological polar surface area (TPSA) is 62.1 Å². The van der Waals surface area contributed by atoms with Gasteiger partial charge in [0, 0.05) is 6.42 Å². The Morgan fingerprint density at radius 3 is 2.53 bits per heavy atom. The number of halogens is 2. The summed E-state index contributed by atoms with van der Waals surface area (Å²) in [7, 11) is -2.59. The molecular weight excluding hydrogens is 309 g/mol. The predicted molar refractivity (Wildman–Crippen MR) is 74.6 cm³/mol. The molecule has 1 aromatic carbocycles. The zero-order valence-corrected chi connectivity index (χ0v) is 11.8. The minimum absolute atomic E-state index is 0.281. The van der Waals surface area contributed by atoms with Gasteiger partial charge in [0.25, 0.3) is 0 Å². The lowest BCUT2D eigenvalue weighted by Gasteiger charge is -2.12. The predicted octanol–water partition coefficient (Wildman–Crippen LogP) is 3.14. The van der Waals surface area contributed by atoms with Crippen LogP contribution < -0.4 is 0 Å². The van der Waals surface area contributed by atoms with Crippen molar-refractivity contribution in [3.8, 4) is 0 Å². The van der Waals surface area contributed by atoms with Gasteiger partial charge in [-0.15, -0.1) is 0 Å². The smallest absolute Gasteiger partial charge is 0.238 e. The zero-order chi connectivity index (χ0) is 14.0. The third-order valence-corrected chi connectivity index (χ3v) is 4.03. The Labute approximate surface area is 120 Å². The molecule has 0 saturated carbocycles. The molecule has 0 aliphatic heterocycles. The fourth-order valence-electron chi connectivity index (χ4n) is 1.70. The average molecular weight is 317 g/mol. The molecule has 2 aromatic rings. The Hall–Kier alpha value is -1.43. The molecule has 0 radical (unpaired) electrons. The summed E-state index contributed by atoms with van der Waals surface area (Å²) in [5.74, 6) is 0. The minimum Gasteiger partial charge on any atom is -0.805 e. The molecule has 0 fully saturated rings. The summed E-state index contributed by atoms with van der Waals surface area (Å²) in [6.07, 6.45) is 1.42. The van der Waals surface area contributed by atoms with Gasteiger partial charge < -0.3 is 9.94 Å². The van der Waals surface area contributed by atoms with Crippen LogP contribution in [-0.4, -0.2) is 13.1 Å². The van der Waals surface area contributed by atoms with Crippen LogP contribution in [0.15, 0.2) is 36.5 Å². The van der Waals surface area contributed by atoms with Gasteiger partial charge in [0.1, 0.15) is 0 Å². The van der Waals surface area contributed by atoms with E-state index in [1.54, 1.807) is 24.3 Å². The van der Waals surface area contributed by atoms with E-state index in [2.05, 4.69) is 0 Å². The number of hydrogen-bond donors (Lipinski definition) is 0. The van der Waals surface area contributed by atoms with Crippen molar-refractivity contribution in [3.05, 3.63) is 67.5 Å². The lowest BCUT2D eigenvalue weighted by Crippen LogP contribution is -1.99. The van der Waals surface area contributed by atoms with Crippen molar-refractivity contribution in [2.24, 2.45) is 0 Å². The first-order valence-electron chi connectivity index (χ1n) is 5.23. The molecule has 2 rings (SSSR count). The Balaban J connectivity index is 2.54. The van der Waals surface area contributed by atoms with Crippen molar-refractivity contribution in [2.75, 3.05) is 0 Å². The van der Waals surface area contributed by atoms with Gasteiger partial charge in [-0.3, -0.25) is 0 Å². The van der Waals surface area contributed by atoms with Crippen molar-refractivity contribution in [2.45, 2.75) is 6.42 Å². The van der Waals surface area contributed by atoms with Crippen molar-refractivity contribution in [1.82, 2.24) is 4.73 Å². The first-order chi connectivity index (χ1) is 8.99. The molecule has 1 aromatic heterocycles. The van der Waals surface area contributed by atoms with E-state index >= 15 is 0 Å². The van der Waals surface area contributed by atoms with Gasteiger partial charge in [-0.25, -0.2) is 0 Å². The molecule has 0 atom stereocenters. The molecule has 100 valence electrons. The average Bonchev–Trinajstić information content (AvgIpc) is 2.33. The fraction of sp³-hybridized carbons (Fsp3) is 0.0833. The van der Waals surface area contributed by atoms with E-state index in [1.165, 1.54) is 6.07 Å². The number of benzene rings is 1. The summed E-state index contributed by atoms with van der Waals surface area (Å²) in [4.78, 5) is 0. The van der Waals surface area contributed by atoms with Crippen LogP contribution in [0.5, 0.6) is 0 Å². The van der Waals surface area contributed by atoms with Crippen LogP contribution in [0, 0.1) is 9.85 Å². The summed E-state index contributed by atoms with van der Waals surface area (Å²) in [5, 5.41) is 12.3. The van der Waals surface area contributed by atoms with Gasteiger partial charge in [0.05, 0.1) is 10.0 Å². The van der Waals surface area contributed by atoms with E-state index in [1.807, 2.05) is 0 Å². The van der Waals surface area contributed by atoms with E-state index in [-0.39, 0.29) is 11.1 Å². The highest BCUT2D eigenvalue weighted by molar-refractivity contribution is 7.63. The summed E-state index contributed by atoms with van der Waals surface area (Å²) in [6.45, 7) is 0. The number of hydrogen-bond acceptors (Lipinski definition) is 3. The van der Waals surface area contributed by atoms with Crippen molar-refractivity contribution in [1.29, 1.82) is 0 Å². The quantitative estimate of drug-likeness (QED) is 0.799. The lowest BCUT2D eigenvalue weighted by atomic mass is 10.1. The standard InChI is InChI=1S/C12H8Cl2NO3S/c13-10-4-3-8(7-11(10)14)6-9-2-1-5-15(16)12(9)19(17)18/h1-5,7H,6H2/q-1. The zero-order valence-electron chi connectivity index (χ0n) is 9.51. The molecule has 0 N–H and O–H groups in total. The third kappa shape index (κ3) is 3.12. The van der Waals surface area contributed by atoms with Crippen LogP contribution in [0.2, 0.25) is 10.0 Å². The van der Waals surface area contributed by atoms with Gasteiger partial charge >= 0.3 is 0 Å². The monoisotopic (exact) mass is 316 g/mol. The summed E-state index contributed by atoms with van der Waals surface area (Å²) in [5.41, 5.74) is 1.18. The molecule has 0 unspecified atom stereocenters. The second kappa shape index (κ2) is 5.69. The van der Waals surface area contributed by atoms with Gasteiger partial charge in [-0.05, 0) is 35.5 Å². The molecule has 0 bridgehead atoms.